The number of carboxylic acid groups (broad SMARTS) is 1. The zero-order valence-corrected chi connectivity index (χ0v) is 10.6. The van der Waals surface area contributed by atoms with Crippen molar-refractivity contribution in [2.75, 3.05) is 7.11 Å². The minimum atomic E-state index is -0.957. The molecule has 0 saturated heterocycles. The van der Waals surface area contributed by atoms with Gasteiger partial charge in [0.1, 0.15) is 11.0 Å². The highest BCUT2D eigenvalue weighted by atomic mass is 16.5. The molecule has 2 aromatic rings. The summed E-state index contributed by atoms with van der Waals surface area (Å²) in [7, 11) is 1.68. The molecule has 1 N–H and O–H groups in total. The molecule has 2 unspecified atom stereocenters. The topological polar surface area (TPSA) is 77.2 Å². The van der Waals surface area contributed by atoms with E-state index in [0.29, 0.717) is 11.0 Å². The van der Waals surface area contributed by atoms with Gasteiger partial charge in [-0.05, 0) is 31.4 Å². The van der Waals surface area contributed by atoms with Crippen LogP contribution in [0.1, 0.15) is 35.7 Å². The number of nitrogens with zero attached hydrogens (tertiary/aromatic N) is 3. The molecular weight excluding hydrogens is 246 g/mol. The average Bonchev–Trinajstić information content (AvgIpc) is 3.03. The zero-order chi connectivity index (χ0) is 13.4. The average molecular weight is 261 g/mol. The first-order chi connectivity index (χ1) is 9.22. The third-order valence-electron chi connectivity index (χ3n) is 3.76. The molecule has 1 aromatic heterocycles. The molecule has 1 heterocycles. The van der Waals surface area contributed by atoms with E-state index in [1.165, 1.54) is 0 Å². The van der Waals surface area contributed by atoms with E-state index in [2.05, 4.69) is 10.3 Å². The number of hydrogen-bond acceptors (Lipinski definition) is 4. The van der Waals surface area contributed by atoms with Crippen molar-refractivity contribution in [3.63, 3.8) is 0 Å². The van der Waals surface area contributed by atoms with Crippen molar-refractivity contribution in [2.45, 2.75) is 31.4 Å². The van der Waals surface area contributed by atoms with Gasteiger partial charge in [-0.25, -0.2) is 9.48 Å². The van der Waals surface area contributed by atoms with Gasteiger partial charge in [-0.2, -0.15) is 0 Å². The Balaban J connectivity index is 2.16. The van der Waals surface area contributed by atoms with Crippen LogP contribution in [0.15, 0.2) is 18.2 Å². The largest absolute Gasteiger partial charge is 0.478 e. The molecule has 0 spiro atoms. The number of rotatable bonds is 3. The normalized spacial score (nSPS) is 23.0. The molecule has 0 radical (unpaired) electrons. The summed E-state index contributed by atoms with van der Waals surface area (Å²) in [4.78, 5) is 11.3. The highest BCUT2D eigenvalue weighted by molar-refractivity contribution is 6.00. The van der Waals surface area contributed by atoms with Crippen LogP contribution in [0.3, 0.4) is 0 Å². The molecule has 19 heavy (non-hydrogen) atoms. The number of methoxy groups -OCH3 is 1. The quantitative estimate of drug-likeness (QED) is 0.912. The van der Waals surface area contributed by atoms with Gasteiger partial charge >= 0.3 is 5.97 Å². The smallest absolute Gasteiger partial charge is 0.337 e. The second-order valence-corrected chi connectivity index (χ2v) is 4.78. The summed E-state index contributed by atoms with van der Waals surface area (Å²) in [6.45, 7) is 0. The van der Waals surface area contributed by atoms with Crippen LogP contribution >= 0.6 is 0 Å². The molecule has 2 atom stereocenters. The van der Waals surface area contributed by atoms with E-state index in [9.17, 15) is 9.90 Å². The van der Waals surface area contributed by atoms with Gasteiger partial charge in [0, 0.05) is 7.11 Å². The van der Waals surface area contributed by atoms with Gasteiger partial charge in [0.2, 0.25) is 0 Å². The molecule has 1 aliphatic rings. The number of aromatic carboxylic acids is 1. The standard InChI is InChI=1S/C13H15N3O3/c1-19-11-7-3-6-10(11)16-12-8(13(17)18)4-2-5-9(12)14-15-16/h2,4-5,10-11H,3,6-7H2,1H3,(H,17,18). The van der Waals surface area contributed by atoms with E-state index >= 15 is 0 Å². The number of benzene rings is 1. The second kappa shape index (κ2) is 4.62. The Bertz CT molecular complexity index is 623. The number of carboxylic acids is 1. The SMILES string of the molecule is COC1CCCC1n1nnc2cccc(C(=O)O)c21. The summed E-state index contributed by atoms with van der Waals surface area (Å²) in [6, 6.07) is 5.12. The lowest BCUT2D eigenvalue weighted by atomic mass is 10.1. The number of fused-ring (bicyclic) bond motifs is 1. The predicted molar refractivity (Wildman–Crippen MR) is 68.2 cm³/mol. The molecule has 6 heteroatoms. The molecule has 1 aliphatic carbocycles. The molecule has 1 saturated carbocycles. The maximum Gasteiger partial charge on any atom is 0.337 e. The van der Waals surface area contributed by atoms with E-state index < -0.39 is 5.97 Å². The lowest BCUT2D eigenvalue weighted by molar-refractivity contribution is 0.0684. The number of ether oxygens (including phenoxy) is 1. The maximum atomic E-state index is 11.3. The minimum Gasteiger partial charge on any atom is -0.478 e. The molecule has 1 aromatic carbocycles. The Morgan fingerprint density at radius 1 is 1.47 bits per heavy atom. The molecule has 3 rings (SSSR count). The van der Waals surface area contributed by atoms with Crippen LogP contribution < -0.4 is 0 Å². The fraction of sp³-hybridized carbons (Fsp3) is 0.462. The number of hydrogen-bond donors (Lipinski definition) is 1. The van der Waals surface area contributed by atoms with Crippen LogP contribution in [0.2, 0.25) is 0 Å². The first-order valence-electron chi connectivity index (χ1n) is 6.32. The highest BCUT2D eigenvalue weighted by Gasteiger charge is 2.31. The third kappa shape index (κ3) is 1.88. The van der Waals surface area contributed by atoms with Crippen molar-refractivity contribution in [1.82, 2.24) is 15.0 Å². The molecule has 1 fully saturated rings. The summed E-state index contributed by atoms with van der Waals surface area (Å²) in [5.41, 5.74) is 1.44. The summed E-state index contributed by atoms with van der Waals surface area (Å²) < 4.78 is 7.18. The highest BCUT2D eigenvalue weighted by Crippen LogP contribution is 2.34. The Morgan fingerprint density at radius 2 is 2.32 bits per heavy atom. The van der Waals surface area contributed by atoms with E-state index in [1.807, 2.05) is 0 Å². The number of aromatic nitrogens is 3. The number of para-hydroxylation sites is 1. The molecule has 0 bridgehead atoms. The summed E-state index contributed by atoms with van der Waals surface area (Å²) >= 11 is 0. The lowest BCUT2D eigenvalue weighted by Crippen LogP contribution is -2.22. The van der Waals surface area contributed by atoms with Crippen LogP contribution in [0, 0.1) is 0 Å². The summed E-state index contributed by atoms with van der Waals surface area (Å²) in [5, 5.41) is 17.5. The molecule has 6 nitrogen and oxygen atoms in total. The monoisotopic (exact) mass is 261 g/mol. The first kappa shape index (κ1) is 12.1. The van der Waals surface area contributed by atoms with Crippen molar-refractivity contribution in [1.29, 1.82) is 0 Å². The zero-order valence-electron chi connectivity index (χ0n) is 10.6. The van der Waals surface area contributed by atoms with Crippen molar-refractivity contribution in [2.24, 2.45) is 0 Å². The van der Waals surface area contributed by atoms with Gasteiger partial charge in [-0.3, -0.25) is 0 Å². The first-order valence-corrected chi connectivity index (χ1v) is 6.32. The summed E-state index contributed by atoms with van der Waals surface area (Å²) in [6.07, 6.45) is 3.04. The fourth-order valence-corrected chi connectivity index (χ4v) is 2.86. The van der Waals surface area contributed by atoms with Crippen LogP contribution in [0.4, 0.5) is 0 Å². The summed E-state index contributed by atoms with van der Waals surface area (Å²) in [5.74, 6) is -0.957. The van der Waals surface area contributed by atoms with Gasteiger partial charge < -0.3 is 9.84 Å². The Morgan fingerprint density at radius 3 is 3.05 bits per heavy atom. The van der Waals surface area contributed by atoms with E-state index in [4.69, 9.17) is 4.74 Å². The third-order valence-corrected chi connectivity index (χ3v) is 3.76. The Hall–Kier alpha value is -1.95. The van der Waals surface area contributed by atoms with Crippen molar-refractivity contribution in [3.05, 3.63) is 23.8 Å². The van der Waals surface area contributed by atoms with Crippen LogP contribution in [-0.2, 0) is 4.74 Å². The van der Waals surface area contributed by atoms with Gasteiger partial charge in [-0.1, -0.05) is 11.3 Å². The number of carbonyl (C=O) groups is 1. The van der Waals surface area contributed by atoms with E-state index in [0.717, 1.165) is 19.3 Å². The maximum absolute atomic E-state index is 11.3. The van der Waals surface area contributed by atoms with Crippen molar-refractivity contribution in [3.8, 4) is 0 Å². The van der Waals surface area contributed by atoms with Crippen LogP contribution in [0.5, 0.6) is 0 Å². The predicted octanol–water partition coefficient (Wildman–Crippen LogP) is 1.87. The van der Waals surface area contributed by atoms with Gasteiger partial charge in [0.15, 0.2) is 0 Å². The van der Waals surface area contributed by atoms with Crippen molar-refractivity contribution >= 4 is 17.0 Å². The Kier molecular flexibility index (Phi) is 2.94. The molecular formula is C13H15N3O3. The molecule has 0 amide bonds. The lowest BCUT2D eigenvalue weighted by Gasteiger charge is -2.19. The Labute approximate surface area is 110 Å². The van der Waals surface area contributed by atoms with Gasteiger partial charge in [0.25, 0.3) is 0 Å². The molecule has 0 aliphatic heterocycles. The van der Waals surface area contributed by atoms with E-state index in [-0.39, 0.29) is 17.7 Å². The molecule has 100 valence electrons. The van der Waals surface area contributed by atoms with Gasteiger partial charge in [0.05, 0.1) is 17.7 Å². The fourth-order valence-electron chi connectivity index (χ4n) is 2.86. The second-order valence-electron chi connectivity index (χ2n) is 4.78. The van der Waals surface area contributed by atoms with Crippen LogP contribution in [-0.4, -0.2) is 39.3 Å². The van der Waals surface area contributed by atoms with Crippen LogP contribution in [0.25, 0.3) is 11.0 Å². The van der Waals surface area contributed by atoms with Gasteiger partial charge in [-0.15, -0.1) is 5.10 Å². The van der Waals surface area contributed by atoms with E-state index in [1.54, 1.807) is 30.0 Å². The minimum absolute atomic E-state index is 0.0653. The van der Waals surface area contributed by atoms with Crippen molar-refractivity contribution < 1.29 is 14.6 Å².